The van der Waals surface area contributed by atoms with Crippen LogP contribution in [0.15, 0.2) is 24.4 Å². The van der Waals surface area contributed by atoms with E-state index in [-0.39, 0.29) is 6.10 Å². The lowest BCUT2D eigenvalue weighted by Crippen LogP contribution is -2.36. The van der Waals surface area contributed by atoms with Crippen LogP contribution in [0.5, 0.6) is 0 Å². The Labute approximate surface area is 109 Å². The van der Waals surface area contributed by atoms with E-state index >= 15 is 0 Å². The van der Waals surface area contributed by atoms with E-state index in [4.69, 9.17) is 4.74 Å². The molecule has 1 aliphatic rings. The molecule has 2 heterocycles. The molecular formula is C14H22N2O2. The first-order valence-electron chi connectivity index (χ1n) is 6.67. The number of likely N-dealkylation sites (N-methyl/N-ethyl adjacent to an activating group) is 1. The van der Waals surface area contributed by atoms with Crippen molar-refractivity contribution >= 4 is 0 Å². The molecule has 2 atom stereocenters. The number of hydrogen-bond acceptors (Lipinski definition) is 4. The van der Waals surface area contributed by atoms with E-state index in [1.54, 1.807) is 0 Å². The van der Waals surface area contributed by atoms with Gasteiger partial charge >= 0.3 is 0 Å². The number of hydrogen-bond donors (Lipinski definition) is 1. The molecule has 1 aromatic rings. The molecule has 4 heteroatoms. The molecule has 100 valence electrons. The summed E-state index contributed by atoms with van der Waals surface area (Å²) >= 11 is 0. The van der Waals surface area contributed by atoms with E-state index in [1.807, 2.05) is 24.4 Å². The van der Waals surface area contributed by atoms with E-state index < -0.39 is 0 Å². The first-order chi connectivity index (χ1) is 8.79. The summed E-state index contributed by atoms with van der Waals surface area (Å²) < 4.78 is 5.32. The summed E-state index contributed by atoms with van der Waals surface area (Å²) in [5.74, 6) is 0.294. The Bertz CT molecular complexity index is 339. The molecule has 0 amide bonds. The molecule has 1 saturated heterocycles. The SMILES string of the molecule is CCN(Cc1ccccn1)CC(O)C1CCOC1. The van der Waals surface area contributed by atoms with Crippen LogP contribution in [-0.4, -0.2) is 47.4 Å². The molecule has 0 aromatic carbocycles. The van der Waals surface area contributed by atoms with Crippen LogP contribution in [0.4, 0.5) is 0 Å². The van der Waals surface area contributed by atoms with Crippen molar-refractivity contribution in [3.63, 3.8) is 0 Å². The number of rotatable bonds is 6. The van der Waals surface area contributed by atoms with Gasteiger partial charge in [0.2, 0.25) is 0 Å². The van der Waals surface area contributed by atoms with Crippen molar-refractivity contribution in [1.82, 2.24) is 9.88 Å². The van der Waals surface area contributed by atoms with E-state index in [2.05, 4.69) is 16.8 Å². The van der Waals surface area contributed by atoms with E-state index in [9.17, 15) is 5.11 Å². The highest BCUT2D eigenvalue weighted by Gasteiger charge is 2.25. The van der Waals surface area contributed by atoms with Crippen molar-refractivity contribution in [2.24, 2.45) is 5.92 Å². The van der Waals surface area contributed by atoms with Gasteiger partial charge < -0.3 is 9.84 Å². The summed E-state index contributed by atoms with van der Waals surface area (Å²) in [6.07, 6.45) is 2.49. The van der Waals surface area contributed by atoms with Gasteiger partial charge in [0.25, 0.3) is 0 Å². The van der Waals surface area contributed by atoms with E-state index in [1.165, 1.54) is 0 Å². The van der Waals surface area contributed by atoms with Crippen molar-refractivity contribution in [2.45, 2.75) is 26.0 Å². The van der Waals surface area contributed by atoms with Crippen LogP contribution >= 0.6 is 0 Å². The van der Waals surface area contributed by atoms with Crippen molar-refractivity contribution in [3.05, 3.63) is 30.1 Å². The van der Waals surface area contributed by atoms with Crippen LogP contribution in [-0.2, 0) is 11.3 Å². The first-order valence-corrected chi connectivity index (χ1v) is 6.67. The molecule has 1 aromatic heterocycles. The summed E-state index contributed by atoms with van der Waals surface area (Å²) in [7, 11) is 0. The van der Waals surface area contributed by atoms with Gasteiger partial charge in [-0.05, 0) is 25.1 Å². The number of nitrogens with zero attached hydrogens (tertiary/aromatic N) is 2. The van der Waals surface area contributed by atoms with Gasteiger partial charge in [-0.2, -0.15) is 0 Å². The minimum absolute atomic E-state index is 0.294. The van der Waals surface area contributed by atoms with Gasteiger partial charge in [0.15, 0.2) is 0 Å². The highest BCUT2D eigenvalue weighted by molar-refractivity contribution is 5.03. The zero-order valence-corrected chi connectivity index (χ0v) is 11.0. The van der Waals surface area contributed by atoms with Gasteiger partial charge in [0, 0.05) is 31.8 Å². The molecule has 18 heavy (non-hydrogen) atoms. The van der Waals surface area contributed by atoms with Crippen LogP contribution in [0.3, 0.4) is 0 Å². The summed E-state index contributed by atoms with van der Waals surface area (Å²) in [5.41, 5.74) is 1.05. The zero-order chi connectivity index (χ0) is 12.8. The molecule has 1 aliphatic heterocycles. The predicted molar refractivity (Wildman–Crippen MR) is 70.1 cm³/mol. The molecule has 0 spiro atoms. The van der Waals surface area contributed by atoms with E-state index in [0.717, 1.165) is 31.8 Å². The van der Waals surface area contributed by atoms with Gasteiger partial charge in [0.05, 0.1) is 18.4 Å². The van der Waals surface area contributed by atoms with Gasteiger partial charge in [-0.15, -0.1) is 0 Å². The van der Waals surface area contributed by atoms with Gasteiger partial charge in [-0.25, -0.2) is 0 Å². The Kier molecular flexibility index (Phi) is 5.11. The molecule has 0 saturated carbocycles. The highest BCUT2D eigenvalue weighted by Crippen LogP contribution is 2.18. The number of aromatic nitrogens is 1. The molecule has 2 unspecified atom stereocenters. The Morgan fingerprint density at radius 1 is 1.56 bits per heavy atom. The number of aliphatic hydroxyl groups excluding tert-OH is 1. The van der Waals surface area contributed by atoms with Gasteiger partial charge in [-0.3, -0.25) is 9.88 Å². The van der Waals surface area contributed by atoms with Crippen LogP contribution < -0.4 is 0 Å². The van der Waals surface area contributed by atoms with Crippen molar-refractivity contribution < 1.29 is 9.84 Å². The first kappa shape index (κ1) is 13.5. The average Bonchev–Trinajstić information content (AvgIpc) is 2.93. The van der Waals surface area contributed by atoms with E-state index in [0.29, 0.717) is 19.1 Å². The fourth-order valence-corrected chi connectivity index (χ4v) is 2.30. The molecule has 2 rings (SSSR count). The normalized spacial score (nSPS) is 21.4. The molecule has 0 radical (unpaired) electrons. The molecule has 4 nitrogen and oxygen atoms in total. The minimum Gasteiger partial charge on any atom is -0.391 e. The van der Waals surface area contributed by atoms with Crippen molar-refractivity contribution in [2.75, 3.05) is 26.3 Å². The van der Waals surface area contributed by atoms with Crippen molar-refractivity contribution in [3.8, 4) is 0 Å². The fraction of sp³-hybridized carbons (Fsp3) is 0.643. The quantitative estimate of drug-likeness (QED) is 0.826. The second-order valence-electron chi connectivity index (χ2n) is 4.84. The number of pyridine rings is 1. The third-order valence-corrected chi connectivity index (χ3v) is 3.51. The maximum Gasteiger partial charge on any atom is 0.0718 e. The molecule has 0 bridgehead atoms. The topological polar surface area (TPSA) is 45.6 Å². The van der Waals surface area contributed by atoms with Gasteiger partial charge in [-0.1, -0.05) is 13.0 Å². The minimum atomic E-state index is -0.295. The highest BCUT2D eigenvalue weighted by atomic mass is 16.5. The molecule has 1 fully saturated rings. The summed E-state index contributed by atoms with van der Waals surface area (Å²) in [6, 6.07) is 5.94. The van der Waals surface area contributed by atoms with Crippen LogP contribution in [0.2, 0.25) is 0 Å². The fourth-order valence-electron chi connectivity index (χ4n) is 2.30. The largest absolute Gasteiger partial charge is 0.391 e. The van der Waals surface area contributed by atoms with Crippen LogP contribution in [0, 0.1) is 5.92 Å². The number of aliphatic hydroxyl groups is 1. The lowest BCUT2D eigenvalue weighted by atomic mass is 10.0. The van der Waals surface area contributed by atoms with Crippen molar-refractivity contribution in [1.29, 1.82) is 0 Å². The Hall–Kier alpha value is -0.970. The summed E-state index contributed by atoms with van der Waals surface area (Å²) in [5, 5.41) is 10.2. The Morgan fingerprint density at radius 3 is 3.06 bits per heavy atom. The summed E-state index contributed by atoms with van der Waals surface area (Å²) in [4.78, 5) is 6.55. The third-order valence-electron chi connectivity index (χ3n) is 3.51. The van der Waals surface area contributed by atoms with Crippen LogP contribution in [0.25, 0.3) is 0 Å². The standard InChI is InChI=1S/C14H22N2O2/c1-2-16(9-13-5-3-4-7-15-13)10-14(17)12-6-8-18-11-12/h3-5,7,12,14,17H,2,6,8-11H2,1H3. The Balaban J connectivity index is 1.85. The molecular weight excluding hydrogens is 228 g/mol. The second kappa shape index (κ2) is 6.83. The maximum atomic E-state index is 10.2. The lowest BCUT2D eigenvalue weighted by Gasteiger charge is -2.25. The zero-order valence-electron chi connectivity index (χ0n) is 11.0. The summed E-state index contributed by atoms with van der Waals surface area (Å²) in [6.45, 7) is 6.00. The third kappa shape index (κ3) is 3.77. The van der Waals surface area contributed by atoms with Gasteiger partial charge in [0.1, 0.15) is 0 Å². The smallest absolute Gasteiger partial charge is 0.0718 e. The predicted octanol–water partition coefficient (Wildman–Crippen LogP) is 1.30. The average molecular weight is 250 g/mol. The monoisotopic (exact) mass is 250 g/mol. The second-order valence-corrected chi connectivity index (χ2v) is 4.84. The van der Waals surface area contributed by atoms with Crippen LogP contribution in [0.1, 0.15) is 19.0 Å². The Morgan fingerprint density at radius 2 is 2.44 bits per heavy atom. The number of ether oxygens (including phenoxy) is 1. The molecule has 0 aliphatic carbocycles. The lowest BCUT2D eigenvalue weighted by molar-refractivity contribution is 0.0547. The molecule has 1 N–H and O–H groups in total. The maximum absolute atomic E-state index is 10.2.